The van der Waals surface area contributed by atoms with Crippen LogP contribution in [0.25, 0.3) is 10.9 Å². The molecule has 4 heteroatoms. The quantitative estimate of drug-likeness (QED) is 0.684. The van der Waals surface area contributed by atoms with Crippen LogP contribution >= 0.6 is 0 Å². The van der Waals surface area contributed by atoms with Crippen LogP contribution in [-0.4, -0.2) is 15.7 Å². The molecule has 0 aliphatic carbocycles. The monoisotopic (exact) mass is 266 g/mol. The summed E-state index contributed by atoms with van der Waals surface area (Å²) < 4.78 is 7.03. The maximum absolute atomic E-state index is 11.2. The first-order valence-electron chi connectivity index (χ1n) is 6.42. The van der Waals surface area contributed by atoms with Crippen molar-refractivity contribution in [2.75, 3.05) is 0 Å². The number of hydrogen-bond donors (Lipinski definition) is 0. The molecule has 20 heavy (non-hydrogen) atoms. The topological polar surface area (TPSA) is 44.1 Å². The van der Waals surface area contributed by atoms with Crippen LogP contribution in [0.4, 0.5) is 0 Å². The van der Waals surface area contributed by atoms with E-state index in [-0.39, 0.29) is 5.97 Å². The molecule has 0 saturated carbocycles. The Hall–Kier alpha value is -2.62. The van der Waals surface area contributed by atoms with Crippen LogP contribution in [0, 0.1) is 0 Å². The maximum Gasteiger partial charge on any atom is 0.309 e. The lowest BCUT2D eigenvalue weighted by Gasteiger charge is -2.02. The standard InChI is InChI=1S/C16H14N2O2/c1-12(19)20-16-14-9-5-6-10-15(14)18(17-16)11-13-7-3-2-4-8-13/h2-10H,11H2,1H3. The molecule has 0 spiro atoms. The molecule has 4 nitrogen and oxygen atoms in total. The summed E-state index contributed by atoms with van der Waals surface area (Å²) in [6.45, 7) is 2.02. The number of fused-ring (bicyclic) bond motifs is 1. The van der Waals surface area contributed by atoms with Crippen LogP contribution in [0.3, 0.4) is 0 Å². The highest BCUT2D eigenvalue weighted by molar-refractivity contribution is 5.86. The Bertz CT molecular complexity index is 748. The van der Waals surface area contributed by atoms with Crippen LogP contribution in [0.1, 0.15) is 12.5 Å². The molecule has 3 aromatic rings. The SMILES string of the molecule is CC(=O)Oc1nn(Cc2ccccc2)c2ccccc12. The second-order valence-electron chi connectivity index (χ2n) is 4.56. The fourth-order valence-electron chi connectivity index (χ4n) is 2.19. The van der Waals surface area contributed by atoms with Gasteiger partial charge in [0.25, 0.3) is 0 Å². The number of nitrogens with zero attached hydrogens (tertiary/aromatic N) is 2. The fourth-order valence-corrected chi connectivity index (χ4v) is 2.19. The van der Waals surface area contributed by atoms with Gasteiger partial charge in [0, 0.05) is 6.92 Å². The molecular formula is C16H14N2O2. The number of carbonyl (C=O) groups excluding carboxylic acids is 1. The highest BCUT2D eigenvalue weighted by Gasteiger charge is 2.12. The van der Waals surface area contributed by atoms with Crippen LogP contribution < -0.4 is 4.74 Å². The first-order chi connectivity index (χ1) is 9.74. The average molecular weight is 266 g/mol. The van der Waals surface area contributed by atoms with Crippen molar-refractivity contribution < 1.29 is 9.53 Å². The van der Waals surface area contributed by atoms with Gasteiger partial charge in [0.2, 0.25) is 5.88 Å². The molecule has 1 aromatic heterocycles. The molecule has 0 N–H and O–H groups in total. The largest absolute Gasteiger partial charge is 0.405 e. The number of carbonyl (C=O) groups is 1. The Morgan fingerprint density at radius 2 is 1.80 bits per heavy atom. The van der Waals surface area contributed by atoms with Gasteiger partial charge < -0.3 is 4.74 Å². The van der Waals surface area contributed by atoms with Crippen molar-refractivity contribution in [3.05, 3.63) is 60.2 Å². The summed E-state index contributed by atoms with van der Waals surface area (Å²) in [5, 5.41) is 5.24. The summed E-state index contributed by atoms with van der Waals surface area (Å²) in [6.07, 6.45) is 0. The van der Waals surface area contributed by atoms with Gasteiger partial charge >= 0.3 is 5.97 Å². The van der Waals surface area contributed by atoms with Crippen LogP contribution in [0.5, 0.6) is 5.88 Å². The van der Waals surface area contributed by atoms with Crippen LogP contribution in [0.15, 0.2) is 54.6 Å². The second kappa shape index (κ2) is 5.17. The minimum absolute atomic E-state index is 0.361. The third-order valence-electron chi connectivity index (χ3n) is 3.04. The summed E-state index contributed by atoms with van der Waals surface area (Å²) in [6, 6.07) is 17.8. The van der Waals surface area contributed by atoms with E-state index in [0.29, 0.717) is 12.4 Å². The highest BCUT2D eigenvalue weighted by atomic mass is 16.5. The number of esters is 1. The third kappa shape index (κ3) is 2.40. The normalized spacial score (nSPS) is 10.7. The zero-order valence-electron chi connectivity index (χ0n) is 11.1. The average Bonchev–Trinajstić information content (AvgIpc) is 2.78. The van der Waals surface area contributed by atoms with E-state index in [9.17, 15) is 4.79 Å². The molecule has 3 rings (SSSR count). The summed E-state index contributed by atoms with van der Waals surface area (Å²) in [4.78, 5) is 11.2. The predicted octanol–water partition coefficient (Wildman–Crippen LogP) is 3.01. The summed E-state index contributed by atoms with van der Waals surface area (Å²) in [5.41, 5.74) is 2.10. The molecule has 1 heterocycles. The molecule has 0 aliphatic heterocycles. The van der Waals surface area contributed by atoms with Crippen molar-refractivity contribution >= 4 is 16.9 Å². The zero-order chi connectivity index (χ0) is 13.9. The van der Waals surface area contributed by atoms with Crippen molar-refractivity contribution in [2.24, 2.45) is 0 Å². The predicted molar refractivity (Wildman–Crippen MR) is 76.6 cm³/mol. The van der Waals surface area contributed by atoms with Gasteiger partial charge in [-0.05, 0) is 17.7 Å². The molecule has 0 radical (unpaired) electrons. The maximum atomic E-state index is 11.2. The van der Waals surface area contributed by atoms with Crippen LogP contribution in [0.2, 0.25) is 0 Å². The van der Waals surface area contributed by atoms with E-state index >= 15 is 0 Å². The van der Waals surface area contributed by atoms with Gasteiger partial charge in [-0.15, -0.1) is 5.10 Å². The van der Waals surface area contributed by atoms with Gasteiger partial charge in [-0.2, -0.15) is 0 Å². The van der Waals surface area contributed by atoms with E-state index in [1.807, 2.05) is 59.3 Å². The number of hydrogen-bond acceptors (Lipinski definition) is 3. The van der Waals surface area contributed by atoms with Gasteiger partial charge in [0.15, 0.2) is 0 Å². The Morgan fingerprint density at radius 1 is 1.10 bits per heavy atom. The molecule has 0 saturated heterocycles. The minimum Gasteiger partial charge on any atom is -0.405 e. The van der Waals surface area contributed by atoms with Gasteiger partial charge in [-0.25, -0.2) is 0 Å². The van der Waals surface area contributed by atoms with Gasteiger partial charge in [-0.3, -0.25) is 9.48 Å². The van der Waals surface area contributed by atoms with Crippen molar-refractivity contribution in [3.8, 4) is 5.88 Å². The number of benzene rings is 2. The molecule has 0 aliphatic rings. The van der Waals surface area contributed by atoms with Crippen molar-refractivity contribution in [3.63, 3.8) is 0 Å². The van der Waals surface area contributed by atoms with E-state index in [0.717, 1.165) is 16.5 Å². The van der Waals surface area contributed by atoms with E-state index in [4.69, 9.17) is 4.74 Å². The van der Waals surface area contributed by atoms with E-state index in [1.165, 1.54) is 6.92 Å². The molecule has 2 aromatic carbocycles. The Kier molecular flexibility index (Phi) is 3.21. The second-order valence-corrected chi connectivity index (χ2v) is 4.56. The summed E-state index contributed by atoms with van der Waals surface area (Å²) in [7, 11) is 0. The molecule has 0 unspecified atom stereocenters. The van der Waals surface area contributed by atoms with Gasteiger partial charge in [0.05, 0.1) is 17.4 Å². The smallest absolute Gasteiger partial charge is 0.309 e. The van der Waals surface area contributed by atoms with Gasteiger partial charge in [0.1, 0.15) is 0 Å². The number of ether oxygens (including phenoxy) is 1. The fraction of sp³-hybridized carbons (Fsp3) is 0.125. The molecule has 0 atom stereocenters. The molecule has 0 bridgehead atoms. The Morgan fingerprint density at radius 3 is 2.55 bits per heavy atom. The van der Waals surface area contributed by atoms with Crippen molar-refractivity contribution in [1.29, 1.82) is 0 Å². The summed E-state index contributed by atoms with van der Waals surface area (Å²) >= 11 is 0. The summed E-state index contributed by atoms with van der Waals surface area (Å²) in [5.74, 6) is 0.00384. The van der Waals surface area contributed by atoms with E-state index in [1.54, 1.807) is 0 Å². The lowest BCUT2D eigenvalue weighted by molar-refractivity contribution is -0.132. The molecule has 0 fully saturated rings. The van der Waals surface area contributed by atoms with Crippen molar-refractivity contribution in [1.82, 2.24) is 9.78 Å². The minimum atomic E-state index is -0.361. The van der Waals surface area contributed by atoms with Gasteiger partial charge in [-0.1, -0.05) is 42.5 Å². The first kappa shape index (κ1) is 12.4. The lowest BCUT2D eigenvalue weighted by atomic mass is 10.2. The highest BCUT2D eigenvalue weighted by Crippen LogP contribution is 2.25. The van der Waals surface area contributed by atoms with E-state index in [2.05, 4.69) is 5.10 Å². The molecular weight excluding hydrogens is 252 g/mol. The first-order valence-corrected chi connectivity index (χ1v) is 6.42. The van der Waals surface area contributed by atoms with E-state index < -0.39 is 0 Å². The Labute approximate surface area is 116 Å². The lowest BCUT2D eigenvalue weighted by Crippen LogP contribution is -2.04. The zero-order valence-corrected chi connectivity index (χ0v) is 11.1. The Balaban J connectivity index is 2.04. The van der Waals surface area contributed by atoms with Crippen molar-refractivity contribution in [2.45, 2.75) is 13.5 Å². The van der Waals surface area contributed by atoms with Crippen LogP contribution in [-0.2, 0) is 11.3 Å². The number of aromatic nitrogens is 2. The third-order valence-corrected chi connectivity index (χ3v) is 3.04. The molecule has 100 valence electrons. The number of rotatable bonds is 3. The number of para-hydroxylation sites is 1. The molecule has 0 amide bonds.